The first-order chi connectivity index (χ1) is 6.75. The second-order valence-corrected chi connectivity index (χ2v) is 2.80. The maximum atomic E-state index is 13.1. The van der Waals surface area contributed by atoms with Crippen LogP contribution < -0.4 is 5.32 Å². The average molecular weight is 197 g/mol. The third kappa shape index (κ3) is 3.88. The summed E-state index contributed by atoms with van der Waals surface area (Å²) in [5, 5.41) is 3.16. The van der Waals surface area contributed by atoms with Gasteiger partial charge in [0.2, 0.25) is 0 Å². The van der Waals surface area contributed by atoms with Crippen molar-refractivity contribution in [1.29, 1.82) is 0 Å². The predicted molar refractivity (Wildman–Crippen MR) is 59.8 cm³/mol. The molecule has 0 amide bonds. The lowest BCUT2D eigenvalue weighted by atomic mass is 10.1. The van der Waals surface area contributed by atoms with Crippen LogP contribution in [0.1, 0.15) is 39.3 Å². The predicted octanol–water partition coefficient (Wildman–Crippen LogP) is 3.52. The lowest BCUT2D eigenvalue weighted by Gasteiger charge is -2.12. The summed E-state index contributed by atoms with van der Waals surface area (Å²) in [4.78, 5) is 0. The zero-order valence-electron chi connectivity index (χ0n) is 9.47. The van der Waals surface area contributed by atoms with E-state index in [0.29, 0.717) is 0 Å². The van der Waals surface area contributed by atoms with E-state index in [0.717, 1.165) is 12.1 Å². The normalized spacial score (nSPS) is 11.5. The molecule has 0 heterocycles. The second-order valence-electron chi connectivity index (χ2n) is 2.80. The highest BCUT2D eigenvalue weighted by atomic mass is 19.1. The molecule has 0 spiro atoms. The lowest BCUT2D eigenvalue weighted by Crippen LogP contribution is -2.18. The van der Waals surface area contributed by atoms with E-state index >= 15 is 0 Å². The van der Waals surface area contributed by atoms with Crippen LogP contribution in [-0.4, -0.2) is 6.54 Å². The first-order valence-electron chi connectivity index (χ1n) is 5.23. The van der Waals surface area contributed by atoms with E-state index < -0.39 is 0 Å². The van der Waals surface area contributed by atoms with Crippen molar-refractivity contribution in [3.05, 3.63) is 35.6 Å². The average Bonchev–Trinajstić information content (AvgIpc) is 2.22. The number of benzene rings is 1. The van der Waals surface area contributed by atoms with Gasteiger partial charge in [-0.2, -0.15) is 0 Å². The standard InChI is InChI=1S/C10H14FN.C2H6/c1-3-12-8(2)9-6-4-5-7-10(9)11;1-2/h4-8,12H,3H2,1-2H3;1-2H3. The molecular formula is C12H20FN. The molecule has 1 rings (SSSR count). The first-order valence-corrected chi connectivity index (χ1v) is 5.23. The Morgan fingerprint density at radius 1 is 1.29 bits per heavy atom. The topological polar surface area (TPSA) is 12.0 Å². The van der Waals surface area contributed by atoms with Gasteiger partial charge in [-0.15, -0.1) is 0 Å². The summed E-state index contributed by atoms with van der Waals surface area (Å²) in [5.41, 5.74) is 0.736. The van der Waals surface area contributed by atoms with Crippen molar-refractivity contribution in [2.45, 2.75) is 33.7 Å². The third-order valence-corrected chi connectivity index (χ3v) is 1.88. The summed E-state index contributed by atoms with van der Waals surface area (Å²) in [6, 6.07) is 6.95. The Hall–Kier alpha value is -0.890. The van der Waals surface area contributed by atoms with Gasteiger partial charge >= 0.3 is 0 Å². The smallest absolute Gasteiger partial charge is 0.127 e. The molecule has 2 heteroatoms. The molecule has 0 aliphatic rings. The van der Waals surface area contributed by atoms with Gasteiger partial charge in [0.25, 0.3) is 0 Å². The molecule has 1 aromatic rings. The summed E-state index contributed by atoms with van der Waals surface area (Å²) in [6.45, 7) is 8.83. The largest absolute Gasteiger partial charge is 0.310 e. The zero-order valence-corrected chi connectivity index (χ0v) is 9.47. The Balaban J connectivity index is 0.000000791. The quantitative estimate of drug-likeness (QED) is 0.781. The Morgan fingerprint density at radius 2 is 1.86 bits per heavy atom. The number of rotatable bonds is 3. The maximum Gasteiger partial charge on any atom is 0.127 e. The van der Waals surface area contributed by atoms with E-state index in [1.807, 2.05) is 39.8 Å². The number of nitrogens with one attached hydrogen (secondary N) is 1. The van der Waals surface area contributed by atoms with Gasteiger partial charge in [0.15, 0.2) is 0 Å². The van der Waals surface area contributed by atoms with Crippen LogP contribution in [0.5, 0.6) is 0 Å². The van der Waals surface area contributed by atoms with Crippen LogP contribution in [0.2, 0.25) is 0 Å². The van der Waals surface area contributed by atoms with Gasteiger partial charge in [0.1, 0.15) is 5.82 Å². The van der Waals surface area contributed by atoms with Gasteiger partial charge in [-0.3, -0.25) is 0 Å². The monoisotopic (exact) mass is 197 g/mol. The SMILES string of the molecule is CC.CCNC(C)c1ccccc1F. The molecule has 14 heavy (non-hydrogen) atoms. The minimum absolute atomic E-state index is 0.0937. The van der Waals surface area contributed by atoms with E-state index in [9.17, 15) is 4.39 Å². The van der Waals surface area contributed by atoms with Crippen LogP contribution in [0.4, 0.5) is 4.39 Å². The highest BCUT2D eigenvalue weighted by Crippen LogP contribution is 2.15. The fraction of sp³-hybridized carbons (Fsp3) is 0.500. The van der Waals surface area contributed by atoms with Crippen LogP contribution in [0, 0.1) is 5.82 Å². The van der Waals surface area contributed by atoms with Crippen LogP contribution in [-0.2, 0) is 0 Å². The Kier molecular flexibility index (Phi) is 7.03. The molecule has 0 aliphatic heterocycles. The summed E-state index contributed by atoms with van der Waals surface area (Å²) < 4.78 is 13.1. The third-order valence-electron chi connectivity index (χ3n) is 1.88. The van der Waals surface area contributed by atoms with E-state index in [2.05, 4.69) is 5.32 Å². The number of hydrogen-bond acceptors (Lipinski definition) is 1. The highest BCUT2D eigenvalue weighted by Gasteiger charge is 2.07. The number of halogens is 1. The molecule has 0 saturated heterocycles. The molecular weight excluding hydrogens is 177 g/mol. The van der Waals surface area contributed by atoms with Gasteiger partial charge in [-0.25, -0.2) is 4.39 Å². The minimum Gasteiger partial charge on any atom is -0.310 e. The molecule has 0 saturated carbocycles. The van der Waals surface area contributed by atoms with Crippen LogP contribution in [0.15, 0.2) is 24.3 Å². The number of hydrogen-bond donors (Lipinski definition) is 1. The molecule has 0 radical (unpaired) electrons. The summed E-state index contributed by atoms with van der Waals surface area (Å²) in [7, 11) is 0. The summed E-state index contributed by atoms with van der Waals surface area (Å²) in [6.07, 6.45) is 0. The molecule has 0 bridgehead atoms. The van der Waals surface area contributed by atoms with Crippen molar-refractivity contribution in [1.82, 2.24) is 5.32 Å². The molecule has 1 unspecified atom stereocenters. The molecule has 0 fully saturated rings. The van der Waals surface area contributed by atoms with Gasteiger partial charge in [0, 0.05) is 11.6 Å². The van der Waals surface area contributed by atoms with Crippen molar-refractivity contribution in [2.75, 3.05) is 6.54 Å². The molecule has 1 nitrogen and oxygen atoms in total. The molecule has 0 aromatic heterocycles. The minimum atomic E-state index is -0.133. The van der Waals surface area contributed by atoms with Crippen molar-refractivity contribution in [2.24, 2.45) is 0 Å². The second kappa shape index (κ2) is 7.51. The van der Waals surface area contributed by atoms with Crippen molar-refractivity contribution < 1.29 is 4.39 Å². The Labute approximate surface area is 86.3 Å². The van der Waals surface area contributed by atoms with Crippen molar-refractivity contribution in [3.8, 4) is 0 Å². The summed E-state index contributed by atoms with van der Waals surface area (Å²) in [5.74, 6) is -0.133. The fourth-order valence-corrected chi connectivity index (χ4v) is 1.24. The first kappa shape index (κ1) is 13.1. The highest BCUT2D eigenvalue weighted by molar-refractivity contribution is 5.20. The van der Waals surface area contributed by atoms with Crippen LogP contribution >= 0.6 is 0 Å². The zero-order chi connectivity index (χ0) is 11.0. The summed E-state index contributed by atoms with van der Waals surface area (Å²) >= 11 is 0. The van der Waals surface area contributed by atoms with E-state index in [4.69, 9.17) is 0 Å². The van der Waals surface area contributed by atoms with Crippen molar-refractivity contribution >= 4 is 0 Å². The maximum absolute atomic E-state index is 13.1. The molecule has 0 aliphatic carbocycles. The van der Waals surface area contributed by atoms with Crippen LogP contribution in [0.3, 0.4) is 0 Å². The molecule has 1 N–H and O–H groups in total. The van der Waals surface area contributed by atoms with E-state index in [1.165, 1.54) is 6.07 Å². The van der Waals surface area contributed by atoms with Gasteiger partial charge in [-0.05, 0) is 19.5 Å². The molecule has 1 aromatic carbocycles. The Bertz CT molecular complexity index is 248. The van der Waals surface area contributed by atoms with Gasteiger partial charge < -0.3 is 5.32 Å². The fourth-order valence-electron chi connectivity index (χ4n) is 1.24. The lowest BCUT2D eigenvalue weighted by molar-refractivity contribution is 0.541. The van der Waals surface area contributed by atoms with Crippen LogP contribution in [0.25, 0.3) is 0 Å². The van der Waals surface area contributed by atoms with Gasteiger partial charge in [0.05, 0.1) is 0 Å². The molecule has 80 valence electrons. The van der Waals surface area contributed by atoms with E-state index in [-0.39, 0.29) is 11.9 Å². The van der Waals surface area contributed by atoms with Crippen molar-refractivity contribution in [3.63, 3.8) is 0 Å². The van der Waals surface area contributed by atoms with E-state index in [1.54, 1.807) is 6.07 Å². The van der Waals surface area contributed by atoms with Gasteiger partial charge in [-0.1, -0.05) is 39.0 Å². The molecule has 1 atom stereocenters. The Morgan fingerprint density at radius 3 is 2.36 bits per heavy atom.